The number of carbonyl (C=O) groups excluding carboxylic acids is 1. The van der Waals surface area contributed by atoms with Gasteiger partial charge in [-0.05, 0) is 86.0 Å². The van der Waals surface area contributed by atoms with Gasteiger partial charge in [0, 0.05) is 43.2 Å². The van der Waals surface area contributed by atoms with Gasteiger partial charge in [0.25, 0.3) is 0 Å². The van der Waals surface area contributed by atoms with E-state index in [-0.39, 0.29) is 11.3 Å². The fourth-order valence-corrected chi connectivity index (χ4v) is 5.39. The molecule has 0 aromatic heterocycles. The Labute approximate surface area is 206 Å². The van der Waals surface area contributed by atoms with Crippen LogP contribution in [-0.4, -0.2) is 59.9 Å². The van der Waals surface area contributed by atoms with Crippen molar-refractivity contribution in [3.63, 3.8) is 0 Å². The van der Waals surface area contributed by atoms with E-state index in [1.807, 2.05) is 35.2 Å². The van der Waals surface area contributed by atoms with E-state index in [4.69, 9.17) is 17.0 Å². The Balaban J connectivity index is 1.18. The number of piperidine rings is 1. The maximum Gasteiger partial charge on any atom is 0.222 e. The number of thioether (sulfide) groups is 1. The van der Waals surface area contributed by atoms with Crippen LogP contribution in [0.3, 0.4) is 0 Å². The van der Waals surface area contributed by atoms with E-state index in [9.17, 15) is 4.79 Å². The Hall–Kier alpha value is -2.25. The lowest BCUT2D eigenvalue weighted by Crippen LogP contribution is -2.45. The molecule has 7 heteroatoms. The first-order valence-corrected chi connectivity index (χ1v) is 13.4. The summed E-state index contributed by atoms with van der Waals surface area (Å²) in [6, 6.07) is 18.2. The van der Waals surface area contributed by atoms with Crippen LogP contribution in [0.25, 0.3) is 0 Å². The summed E-state index contributed by atoms with van der Waals surface area (Å²) in [7, 11) is 0. The summed E-state index contributed by atoms with van der Waals surface area (Å²) in [6.45, 7) is 4.24. The van der Waals surface area contributed by atoms with E-state index in [0.717, 1.165) is 68.4 Å². The SMILES string of the molecule is CSc1ccc(NC(=S)N2CCC3(CCN(C(=O)CCCOc4ccccc4)CC3)C2)cc1. The summed E-state index contributed by atoms with van der Waals surface area (Å²) in [5.74, 6) is 1.11. The van der Waals surface area contributed by atoms with Crippen molar-refractivity contribution < 1.29 is 9.53 Å². The second-order valence-electron chi connectivity index (χ2n) is 8.98. The van der Waals surface area contributed by atoms with Crippen LogP contribution >= 0.6 is 24.0 Å². The van der Waals surface area contributed by atoms with Gasteiger partial charge in [0.15, 0.2) is 5.11 Å². The quantitative estimate of drug-likeness (QED) is 0.328. The molecule has 0 saturated carbocycles. The maximum absolute atomic E-state index is 12.7. The van der Waals surface area contributed by atoms with Gasteiger partial charge in [0.05, 0.1) is 6.61 Å². The average molecular weight is 484 g/mol. The Morgan fingerprint density at radius 3 is 2.36 bits per heavy atom. The van der Waals surface area contributed by atoms with Crippen molar-refractivity contribution in [3.8, 4) is 5.75 Å². The predicted octanol–water partition coefficient (Wildman–Crippen LogP) is 5.28. The number of hydrogen-bond donors (Lipinski definition) is 1. The van der Waals surface area contributed by atoms with Crippen molar-refractivity contribution in [2.45, 2.75) is 37.0 Å². The molecule has 2 aromatic rings. The summed E-state index contributed by atoms with van der Waals surface area (Å²) < 4.78 is 5.71. The summed E-state index contributed by atoms with van der Waals surface area (Å²) in [5.41, 5.74) is 1.32. The third-order valence-electron chi connectivity index (χ3n) is 6.79. The van der Waals surface area contributed by atoms with Gasteiger partial charge in [-0.1, -0.05) is 18.2 Å². The number of ether oxygens (including phenoxy) is 1. The Morgan fingerprint density at radius 1 is 1.03 bits per heavy atom. The molecule has 0 radical (unpaired) electrons. The normalized spacial score (nSPS) is 17.2. The molecule has 5 nitrogen and oxygen atoms in total. The number of para-hydroxylation sites is 1. The van der Waals surface area contributed by atoms with Crippen molar-refractivity contribution in [1.82, 2.24) is 9.80 Å². The number of hydrogen-bond acceptors (Lipinski definition) is 4. The molecular weight excluding hydrogens is 450 g/mol. The van der Waals surface area contributed by atoms with Gasteiger partial charge in [-0.2, -0.15) is 0 Å². The Morgan fingerprint density at radius 2 is 1.70 bits per heavy atom. The molecule has 33 heavy (non-hydrogen) atoms. The fourth-order valence-electron chi connectivity index (χ4n) is 4.71. The summed E-state index contributed by atoms with van der Waals surface area (Å²) in [5, 5.41) is 4.20. The van der Waals surface area contributed by atoms with Crippen molar-refractivity contribution in [3.05, 3.63) is 54.6 Å². The average Bonchev–Trinajstić information content (AvgIpc) is 3.27. The van der Waals surface area contributed by atoms with E-state index in [0.29, 0.717) is 13.0 Å². The number of likely N-dealkylation sites (tertiary alicyclic amines) is 2. The van der Waals surface area contributed by atoms with E-state index in [1.54, 1.807) is 11.8 Å². The lowest BCUT2D eigenvalue weighted by Gasteiger charge is -2.39. The van der Waals surface area contributed by atoms with E-state index < -0.39 is 0 Å². The van der Waals surface area contributed by atoms with Gasteiger partial charge in [0.2, 0.25) is 5.91 Å². The molecule has 1 N–H and O–H groups in total. The second-order valence-corrected chi connectivity index (χ2v) is 10.2. The second kappa shape index (κ2) is 11.3. The number of thiocarbonyl (C=S) groups is 1. The number of amides is 1. The van der Waals surface area contributed by atoms with Crippen LogP contribution in [0.15, 0.2) is 59.5 Å². The summed E-state index contributed by atoms with van der Waals surface area (Å²) in [4.78, 5) is 18.3. The number of nitrogens with zero attached hydrogens (tertiary/aromatic N) is 2. The highest BCUT2D eigenvalue weighted by atomic mass is 32.2. The molecular formula is C26H33N3O2S2. The van der Waals surface area contributed by atoms with Crippen LogP contribution in [0.2, 0.25) is 0 Å². The zero-order chi connectivity index (χ0) is 23.1. The van der Waals surface area contributed by atoms with E-state index in [2.05, 4.69) is 40.7 Å². The molecule has 2 heterocycles. The van der Waals surface area contributed by atoms with Gasteiger partial charge in [-0.25, -0.2) is 0 Å². The number of carbonyl (C=O) groups is 1. The topological polar surface area (TPSA) is 44.8 Å². The van der Waals surface area contributed by atoms with Crippen LogP contribution in [-0.2, 0) is 4.79 Å². The molecule has 2 aromatic carbocycles. The molecule has 4 rings (SSSR count). The monoisotopic (exact) mass is 483 g/mol. The third-order valence-corrected chi connectivity index (χ3v) is 7.89. The predicted molar refractivity (Wildman–Crippen MR) is 140 cm³/mol. The van der Waals surface area contributed by atoms with E-state index in [1.165, 1.54) is 4.90 Å². The molecule has 0 atom stereocenters. The van der Waals surface area contributed by atoms with Crippen LogP contribution in [0.5, 0.6) is 5.75 Å². The highest BCUT2D eigenvalue weighted by molar-refractivity contribution is 7.98. The largest absolute Gasteiger partial charge is 0.494 e. The molecule has 2 fully saturated rings. The first kappa shape index (κ1) is 23.9. The van der Waals surface area contributed by atoms with Gasteiger partial charge >= 0.3 is 0 Å². The van der Waals surface area contributed by atoms with Gasteiger partial charge in [0.1, 0.15) is 5.75 Å². The lowest BCUT2D eigenvalue weighted by molar-refractivity contribution is -0.133. The van der Waals surface area contributed by atoms with Crippen LogP contribution < -0.4 is 10.1 Å². The molecule has 1 spiro atoms. The third kappa shape index (κ3) is 6.42. The summed E-state index contributed by atoms with van der Waals surface area (Å²) in [6.07, 6.45) is 6.64. The van der Waals surface area contributed by atoms with Crippen molar-refractivity contribution >= 4 is 40.7 Å². The van der Waals surface area contributed by atoms with Crippen molar-refractivity contribution in [1.29, 1.82) is 0 Å². The van der Waals surface area contributed by atoms with E-state index >= 15 is 0 Å². The fraction of sp³-hybridized carbons (Fsp3) is 0.462. The number of anilines is 1. The maximum atomic E-state index is 12.7. The minimum atomic E-state index is 0.252. The number of rotatable bonds is 7. The smallest absolute Gasteiger partial charge is 0.222 e. The molecule has 0 aliphatic carbocycles. The highest BCUT2D eigenvalue weighted by Crippen LogP contribution is 2.40. The van der Waals surface area contributed by atoms with Crippen molar-refractivity contribution in [2.75, 3.05) is 44.4 Å². The first-order valence-electron chi connectivity index (χ1n) is 11.7. The van der Waals surface area contributed by atoms with Gasteiger partial charge < -0.3 is 19.9 Å². The van der Waals surface area contributed by atoms with Gasteiger partial charge in [-0.15, -0.1) is 11.8 Å². The molecule has 2 saturated heterocycles. The molecule has 2 aliphatic rings. The molecule has 1 amide bonds. The van der Waals surface area contributed by atoms with Gasteiger partial charge in [-0.3, -0.25) is 4.79 Å². The zero-order valence-electron chi connectivity index (χ0n) is 19.3. The molecule has 2 aliphatic heterocycles. The Bertz CT molecular complexity index is 928. The molecule has 176 valence electrons. The Kier molecular flexibility index (Phi) is 8.15. The van der Waals surface area contributed by atoms with Crippen LogP contribution in [0, 0.1) is 5.41 Å². The standard InChI is InChI=1S/C26H33N3O2S2/c1-33-23-11-9-21(10-12-23)27-25(32)29-18-15-26(20-29)13-16-28(17-14-26)24(30)8-5-19-31-22-6-3-2-4-7-22/h2-4,6-7,9-12H,5,8,13-20H2,1H3,(H,27,32). The molecule has 0 bridgehead atoms. The van der Waals surface area contributed by atoms with Crippen LogP contribution in [0.4, 0.5) is 5.69 Å². The zero-order valence-corrected chi connectivity index (χ0v) is 20.9. The number of benzene rings is 2. The van der Waals surface area contributed by atoms with Crippen LogP contribution in [0.1, 0.15) is 32.1 Å². The number of nitrogens with one attached hydrogen (secondary N) is 1. The van der Waals surface area contributed by atoms with Crippen molar-refractivity contribution in [2.24, 2.45) is 5.41 Å². The highest BCUT2D eigenvalue weighted by Gasteiger charge is 2.41. The summed E-state index contributed by atoms with van der Waals surface area (Å²) >= 11 is 7.44. The molecule has 0 unspecified atom stereocenters. The minimum Gasteiger partial charge on any atom is -0.494 e. The minimum absolute atomic E-state index is 0.252. The lowest BCUT2D eigenvalue weighted by atomic mass is 9.77. The first-order chi connectivity index (χ1) is 16.1.